The van der Waals surface area contributed by atoms with Crippen LogP contribution >= 0.6 is 0 Å². The molecular formula is C25H27F2O5-. The van der Waals surface area contributed by atoms with Crippen LogP contribution in [0.5, 0.6) is 5.75 Å². The number of alkyl halides is 2. The molecule has 32 heavy (non-hydrogen) atoms. The summed E-state index contributed by atoms with van der Waals surface area (Å²) in [6.07, 6.45) is 3.49. The zero-order chi connectivity index (χ0) is 23.4. The number of carbonyl (C=O) groups excluding carboxylic acids is 2. The van der Waals surface area contributed by atoms with Crippen molar-refractivity contribution in [3.63, 3.8) is 0 Å². The largest absolute Gasteiger partial charge is 0.544 e. The van der Waals surface area contributed by atoms with E-state index < -0.39 is 24.0 Å². The van der Waals surface area contributed by atoms with Crippen LogP contribution in [-0.2, 0) is 9.53 Å². The minimum atomic E-state index is -4.40. The first-order valence-electron chi connectivity index (χ1n) is 10.8. The van der Waals surface area contributed by atoms with E-state index in [1.54, 1.807) is 18.2 Å². The van der Waals surface area contributed by atoms with Gasteiger partial charge in [0.1, 0.15) is 17.3 Å². The van der Waals surface area contributed by atoms with E-state index in [0.29, 0.717) is 11.7 Å². The minimum absolute atomic E-state index is 0.00269. The first kappa shape index (κ1) is 23.7. The van der Waals surface area contributed by atoms with Gasteiger partial charge in [-0.05, 0) is 62.4 Å². The van der Waals surface area contributed by atoms with Gasteiger partial charge in [-0.2, -0.15) is 8.78 Å². The lowest BCUT2D eigenvalue weighted by atomic mass is 9.79. The molecule has 1 unspecified atom stereocenters. The van der Waals surface area contributed by atoms with Gasteiger partial charge in [-0.15, -0.1) is 0 Å². The highest BCUT2D eigenvalue weighted by molar-refractivity contribution is 5.90. The number of halogens is 2. The lowest BCUT2D eigenvalue weighted by Crippen LogP contribution is -2.47. The van der Waals surface area contributed by atoms with Crippen LogP contribution in [-0.4, -0.2) is 23.5 Å². The molecule has 0 saturated heterocycles. The number of carbonyl (C=O) groups is 2. The Bertz CT molecular complexity index is 919. The third-order valence-corrected chi connectivity index (χ3v) is 5.99. The lowest BCUT2D eigenvalue weighted by molar-refractivity contribution is -0.336. The molecule has 0 heterocycles. The number of benzene rings is 2. The van der Waals surface area contributed by atoms with Crippen molar-refractivity contribution >= 4 is 11.9 Å². The summed E-state index contributed by atoms with van der Waals surface area (Å²) in [4.78, 5) is 23.5. The highest BCUT2D eigenvalue weighted by atomic mass is 19.3. The Morgan fingerprint density at radius 2 is 1.56 bits per heavy atom. The highest BCUT2D eigenvalue weighted by Gasteiger charge is 2.45. The summed E-state index contributed by atoms with van der Waals surface area (Å²) in [6, 6.07) is 13.0. The molecule has 1 aliphatic rings. The van der Waals surface area contributed by atoms with Gasteiger partial charge in [0, 0.05) is 0 Å². The predicted molar refractivity (Wildman–Crippen MR) is 112 cm³/mol. The second-order valence-corrected chi connectivity index (χ2v) is 8.67. The molecule has 2 aromatic carbocycles. The number of aliphatic carboxylic acids is 1. The van der Waals surface area contributed by atoms with E-state index in [2.05, 4.69) is 0 Å². The van der Waals surface area contributed by atoms with Crippen molar-refractivity contribution in [2.24, 2.45) is 5.92 Å². The fourth-order valence-electron chi connectivity index (χ4n) is 4.11. The van der Waals surface area contributed by atoms with E-state index in [-0.39, 0.29) is 16.7 Å². The fraction of sp³-hybridized carbons (Fsp3) is 0.440. The molecule has 7 heteroatoms. The molecule has 0 spiro atoms. The van der Waals surface area contributed by atoms with Crippen LogP contribution in [0, 0.1) is 5.92 Å². The van der Waals surface area contributed by atoms with Gasteiger partial charge < -0.3 is 19.4 Å². The molecule has 1 fully saturated rings. The number of carboxylic acids is 1. The normalized spacial score (nSPS) is 16.2. The summed E-state index contributed by atoms with van der Waals surface area (Å²) >= 11 is 0. The van der Waals surface area contributed by atoms with Crippen molar-refractivity contribution in [2.45, 2.75) is 63.6 Å². The van der Waals surface area contributed by atoms with Crippen LogP contribution in [0.1, 0.15) is 68.0 Å². The molecule has 1 saturated carbocycles. The second kappa shape index (κ2) is 9.67. The molecule has 0 N–H and O–H groups in total. The van der Waals surface area contributed by atoms with Crippen LogP contribution < -0.4 is 9.84 Å². The summed E-state index contributed by atoms with van der Waals surface area (Å²) in [5.41, 5.74) is -0.524. The van der Waals surface area contributed by atoms with Crippen molar-refractivity contribution in [1.82, 2.24) is 0 Å². The number of carboxylic acid groups (broad SMARTS) is 1. The number of esters is 1. The van der Waals surface area contributed by atoms with Crippen molar-refractivity contribution < 1.29 is 33.0 Å². The molecule has 0 aliphatic heterocycles. The van der Waals surface area contributed by atoms with E-state index in [1.165, 1.54) is 55.7 Å². The summed E-state index contributed by atoms with van der Waals surface area (Å²) in [7, 11) is 0. The van der Waals surface area contributed by atoms with Crippen molar-refractivity contribution in [3.8, 4) is 5.75 Å². The average Bonchev–Trinajstić information content (AvgIpc) is 2.78. The molecule has 1 aliphatic carbocycles. The molecule has 1 atom stereocenters. The number of rotatable bonds is 8. The molecule has 0 radical (unpaired) electrons. The van der Waals surface area contributed by atoms with Crippen LogP contribution in [0.25, 0.3) is 0 Å². The summed E-state index contributed by atoms with van der Waals surface area (Å²) in [5, 5.41) is 11.0. The predicted octanol–water partition coefficient (Wildman–Crippen LogP) is 4.71. The lowest BCUT2D eigenvalue weighted by Gasteiger charge is -2.37. The topological polar surface area (TPSA) is 75.7 Å². The highest BCUT2D eigenvalue weighted by Crippen LogP contribution is 2.37. The van der Waals surface area contributed by atoms with E-state index in [9.17, 15) is 23.5 Å². The average molecular weight is 445 g/mol. The molecule has 0 aromatic heterocycles. The summed E-state index contributed by atoms with van der Waals surface area (Å²) < 4.78 is 39.6. The van der Waals surface area contributed by atoms with Crippen molar-refractivity contribution in [2.75, 3.05) is 0 Å². The van der Waals surface area contributed by atoms with Gasteiger partial charge in [-0.3, -0.25) is 0 Å². The molecule has 0 bridgehead atoms. The van der Waals surface area contributed by atoms with E-state index in [1.807, 2.05) is 13.8 Å². The van der Waals surface area contributed by atoms with Gasteiger partial charge in [0.05, 0.1) is 5.56 Å². The molecule has 5 nitrogen and oxygen atoms in total. The van der Waals surface area contributed by atoms with E-state index >= 15 is 0 Å². The minimum Gasteiger partial charge on any atom is -0.544 e. The smallest absolute Gasteiger partial charge is 0.338 e. The van der Waals surface area contributed by atoms with Gasteiger partial charge >= 0.3 is 11.9 Å². The van der Waals surface area contributed by atoms with Gasteiger partial charge in [0.2, 0.25) is 0 Å². The van der Waals surface area contributed by atoms with E-state index in [0.717, 1.165) is 12.8 Å². The SMILES string of the molecule is CC(C)(Oc1ccc(C(=O)OC(c2ccccc2)C(F)(F)C(=O)[O-])cc1)C1CCCCC1. The summed E-state index contributed by atoms with van der Waals surface area (Å²) in [5.74, 6) is -7.11. The maximum absolute atomic E-state index is 14.2. The number of hydrogen-bond acceptors (Lipinski definition) is 5. The quantitative estimate of drug-likeness (QED) is 0.550. The Kier molecular flexibility index (Phi) is 7.16. The Morgan fingerprint density at radius 1 is 0.969 bits per heavy atom. The maximum Gasteiger partial charge on any atom is 0.338 e. The fourth-order valence-corrected chi connectivity index (χ4v) is 4.11. The maximum atomic E-state index is 14.2. The van der Waals surface area contributed by atoms with Gasteiger partial charge in [0.25, 0.3) is 0 Å². The molecular weight excluding hydrogens is 418 g/mol. The Balaban J connectivity index is 1.73. The molecule has 3 rings (SSSR count). The van der Waals surface area contributed by atoms with Crippen LogP contribution in [0.3, 0.4) is 0 Å². The van der Waals surface area contributed by atoms with Gasteiger partial charge in [0.15, 0.2) is 6.10 Å². The van der Waals surface area contributed by atoms with Crippen LogP contribution in [0.15, 0.2) is 54.6 Å². The first-order chi connectivity index (χ1) is 15.1. The number of hydrogen-bond donors (Lipinski definition) is 0. The standard InChI is InChI=1S/C25H28F2O5/c1-24(2,19-11-7-4-8-12-19)32-20-15-13-18(14-16-20)22(28)31-21(25(26,27)23(29)30)17-9-5-3-6-10-17/h3,5-6,9-10,13-16,19,21H,4,7-8,11-12H2,1-2H3,(H,29,30)/p-1. The van der Waals surface area contributed by atoms with Crippen molar-refractivity contribution in [1.29, 1.82) is 0 Å². The first-order valence-corrected chi connectivity index (χ1v) is 10.8. The zero-order valence-corrected chi connectivity index (χ0v) is 18.2. The third kappa shape index (κ3) is 5.44. The number of ether oxygens (including phenoxy) is 2. The summed E-state index contributed by atoms with van der Waals surface area (Å²) in [6.45, 7) is 4.08. The Labute approximate surface area is 186 Å². The third-order valence-electron chi connectivity index (χ3n) is 5.99. The Morgan fingerprint density at radius 3 is 2.12 bits per heavy atom. The zero-order valence-electron chi connectivity index (χ0n) is 18.2. The molecule has 2 aromatic rings. The van der Waals surface area contributed by atoms with E-state index in [4.69, 9.17) is 9.47 Å². The molecule has 0 amide bonds. The van der Waals surface area contributed by atoms with Crippen LogP contribution in [0.2, 0.25) is 0 Å². The van der Waals surface area contributed by atoms with Crippen molar-refractivity contribution in [3.05, 3.63) is 65.7 Å². The van der Waals surface area contributed by atoms with Gasteiger partial charge in [-0.1, -0.05) is 49.6 Å². The monoisotopic (exact) mass is 445 g/mol. The van der Waals surface area contributed by atoms with Gasteiger partial charge in [-0.25, -0.2) is 4.79 Å². The van der Waals surface area contributed by atoms with Crippen LogP contribution in [0.4, 0.5) is 8.78 Å². The Hall–Kier alpha value is -2.96. The second-order valence-electron chi connectivity index (χ2n) is 8.67. The molecule has 172 valence electrons.